The first kappa shape index (κ1) is 17.3. The quantitative estimate of drug-likeness (QED) is 0.620. The Labute approximate surface area is 129 Å². The van der Waals surface area contributed by atoms with Crippen LogP contribution in [0.5, 0.6) is 0 Å². The van der Waals surface area contributed by atoms with Crippen LogP contribution in [0.25, 0.3) is 0 Å². The van der Waals surface area contributed by atoms with E-state index in [1.165, 1.54) is 0 Å². The van der Waals surface area contributed by atoms with Gasteiger partial charge in [-0.3, -0.25) is 0 Å². The van der Waals surface area contributed by atoms with Crippen LogP contribution in [-0.4, -0.2) is 24.2 Å². The highest BCUT2D eigenvalue weighted by atomic mass is 35.5. The van der Waals surface area contributed by atoms with E-state index in [1.54, 1.807) is 0 Å². The molecule has 1 N–H and O–H groups in total. The number of amides is 1. The SMILES string of the molecule is CC[C@H](C)[C@H](NC(=O)OCc1ccccc1)C(=O)OCCl. The summed E-state index contributed by atoms with van der Waals surface area (Å²) in [5.74, 6) is -0.638. The minimum absolute atomic E-state index is 0.0787. The summed E-state index contributed by atoms with van der Waals surface area (Å²) < 4.78 is 9.84. The number of esters is 1. The third-order valence-corrected chi connectivity index (χ3v) is 3.26. The summed E-state index contributed by atoms with van der Waals surface area (Å²) in [7, 11) is 0. The molecular weight excluding hydrogens is 294 g/mol. The van der Waals surface area contributed by atoms with Crippen LogP contribution in [0, 0.1) is 5.92 Å². The zero-order valence-corrected chi connectivity index (χ0v) is 12.9. The largest absolute Gasteiger partial charge is 0.448 e. The lowest BCUT2D eigenvalue weighted by molar-refractivity contribution is -0.145. The highest BCUT2D eigenvalue weighted by Gasteiger charge is 2.27. The molecule has 5 nitrogen and oxygen atoms in total. The molecule has 0 aliphatic heterocycles. The number of carbonyl (C=O) groups excluding carboxylic acids is 2. The smallest absolute Gasteiger partial charge is 0.408 e. The zero-order valence-electron chi connectivity index (χ0n) is 12.2. The van der Waals surface area contributed by atoms with Gasteiger partial charge in [-0.2, -0.15) is 0 Å². The van der Waals surface area contributed by atoms with Crippen LogP contribution >= 0.6 is 11.6 Å². The fourth-order valence-corrected chi connectivity index (χ4v) is 1.81. The van der Waals surface area contributed by atoms with Crippen LogP contribution in [-0.2, 0) is 20.9 Å². The molecule has 21 heavy (non-hydrogen) atoms. The monoisotopic (exact) mass is 313 g/mol. The first-order chi connectivity index (χ1) is 10.1. The number of nitrogens with one attached hydrogen (secondary N) is 1. The first-order valence-electron chi connectivity index (χ1n) is 6.78. The molecule has 0 saturated carbocycles. The van der Waals surface area contributed by atoms with E-state index < -0.39 is 18.1 Å². The van der Waals surface area contributed by atoms with Crippen LogP contribution in [0.1, 0.15) is 25.8 Å². The van der Waals surface area contributed by atoms with Crippen molar-refractivity contribution in [3.05, 3.63) is 35.9 Å². The third-order valence-electron chi connectivity index (χ3n) is 3.15. The molecular formula is C15H20ClNO4. The molecule has 1 amide bonds. The van der Waals surface area contributed by atoms with Gasteiger partial charge in [0, 0.05) is 0 Å². The van der Waals surface area contributed by atoms with Crippen molar-refractivity contribution in [2.75, 3.05) is 6.07 Å². The maximum absolute atomic E-state index is 11.8. The summed E-state index contributed by atoms with van der Waals surface area (Å²) in [5, 5.41) is 2.53. The lowest BCUT2D eigenvalue weighted by Crippen LogP contribution is -2.46. The standard InChI is InChI=1S/C15H20ClNO4/c1-3-11(2)13(14(18)21-10-16)17-15(19)20-9-12-7-5-4-6-8-12/h4-8,11,13H,3,9-10H2,1-2H3,(H,17,19)/t11-,13-/m0/s1. The van der Waals surface area contributed by atoms with Gasteiger partial charge in [-0.05, 0) is 11.5 Å². The number of benzene rings is 1. The summed E-state index contributed by atoms with van der Waals surface area (Å²) >= 11 is 5.38. The molecule has 1 aromatic rings. The summed E-state index contributed by atoms with van der Waals surface area (Å²) in [6.45, 7) is 3.91. The van der Waals surface area contributed by atoms with Gasteiger partial charge in [0.15, 0.2) is 6.07 Å². The number of rotatable bonds is 7. The number of alkyl halides is 1. The maximum Gasteiger partial charge on any atom is 0.408 e. The topological polar surface area (TPSA) is 64.6 Å². The predicted octanol–water partition coefficient (Wildman–Crippen LogP) is 3.07. The Bertz CT molecular complexity index is 452. The molecule has 6 heteroatoms. The van der Waals surface area contributed by atoms with Crippen molar-refractivity contribution in [3.63, 3.8) is 0 Å². The molecule has 1 aromatic carbocycles. The lowest BCUT2D eigenvalue weighted by Gasteiger charge is -2.21. The number of hydrogen-bond donors (Lipinski definition) is 1. The van der Waals surface area contributed by atoms with E-state index in [-0.39, 0.29) is 18.6 Å². The second kappa shape index (κ2) is 9.23. The van der Waals surface area contributed by atoms with Crippen molar-refractivity contribution in [1.29, 1.82) is 0 Å². The average Bonchev–Trinajstić information content (AvgIpc) is 2.51. The van der Waals surface area contributed by atoms with Gasteiger partial charge in [0.1, 0.15) is 12.6 Å². The molecule has 1 rings (SSSR count). The Morgan fingerprint density at radius 2 is 1.90 bits per heavy atom. The highest BCUT2D eigenvalue weighted by Crippen LogP contribution is 2.10. The van der Waals surface area contributed by atoms with Crippen LogP contribution < -0.4 is 5.32 Å². The Morgan fingerprint density at radius 3 is 2.48 bits per heavy atom. The summed E-state index contributed by atoms with van der Waals surface area (Å²) in [6.07, 6.45) is 0.0526. The summed E-state index contributed by atoms with van der Waals surface area (Å²) in [6, 6.07) is 8.28. The Morgan fingerprint density at radius 1 is 1.24 bits per heavy atom. The lowest BCUT2D eigenvalue weighted by atomic mass is 9.99. The molecule has 0 bridgehead atoms. The van der Waals surface area contributed by atoms with Crippen molar-refractivity contribution in [3.8, 4) is 0 Å². The minimum atomic E-state index is -0.767. The van der Waals surface area contributed by atoms with E-state index in [0.717, 1.165) is 5.56 Å². The molecule has 0 heterocycles. The van der Waals surface area contributed by atoms with Crippen LogP contribution in [0.3, 0.4) is 0 Å². The van der Waals surface area contributed by atoms with E-state index in [0.29, 0.717) is 6.42 Å². The van der Waals surface area contributed by atoms with Crippen molar-refractivity contribution >= 4 is 23.7 Å². The van der Waals surface area contributed by atoms with Crippen molar-refractivity contribution in [2.45, 2.75) is 32.9 Å². The molecule has 0 aliphatic carbocycles. The zero-order chi connectivity index (χ0) is 15.7. The third kappa shape index (κ3) is 6.04. The van der Waals surface area contributed by atoms with E-state index in [4.69, 9.17) is 21.1 Å². The molecule has 0 spiro atoms. The number of hydrogen-bond acceptors (Lipinski definition) is 4. The number of ether oxygens (including phenoxy) is 2. The second-order valence-electron chi connectivity index (χ2n) is 4.64. The van der Waals surface area contributed by atoms with Crippen molar-refractivity contribution in [1.82, 2.24) is 5.32 Å². The molecule has 116 valence electrons. The van der Waals surface area contributed by atoms with Gasteiger partial charge < -0.3 is 14.8 Å². The minimum Gasteiger partial charge on any atom is -0.448 e. The highest BCUT2D eigenvalue weighted by molar-refractivity contribution is 6.17. The van der Waals surface area contributed by atoms with Gasteiger partial charge >= 0.3 is 12.1 Å². The van der Waals surface area contributed by atoms with E-state index in [1.807, 2.05) is 44.2 Å². The molecule has 0 aliphatic rings. The molecule has 0 fully saturated rings. The first-order valence-corrected chi connectivity index (χ1v) is 7.31. The van der Waals surface area contributed by atoms with Gasteiger partial charge in [0.05, 0.1) is 0 Å². The van der Waals surface area contributed by atoms with Crippen LogP contribution in [0.4, 0.5) is 4.79 Å². The predicted molar refractivity (Wildman–Crippen MR) is 79.8 cm³/mol. The van der Waals surface area contributed by atoms with Crippen molar-refractivity contribution in [2.24, 2.45) is 5.92 Å². The normalized spacial score (nSPS) is 13.1. The van der Waals surface area contributed by atoms with Crippen molar-refractivity contribution < 1.29 is 19.1 Å². The Balaban J connectivity index is 2.53. The maximum atomic E-state index is 11.8. The second-order valence-corrected chi connectivity index (χ2v) is 4.86. The molecule has 2 atom stereocenters. The molecule has 0 radical (unpaired) electrons. The van der Waals surface area contributed by atoms with Crippen LogP contribution in [0.15, 0.2) is 30.3 Å². The Kier molecular flexibility index (Phi) is 7.61. The van der Waals surface area contributed by atoms with Gasteiger partial charge in [0.2, 0.25) is 0 Å². The van der Waals surface area contributed by atoms with Gasteiger partial charge in [-0.1, -0.05) is 62.2 Å². The van der Waals surface area contributed by atoms with E-state index in [2.05, 4.69) is 5.32 Å². The van der Waals surface area contributed by atoms with Crippen LogP contribution in [0.2, 0.25) is 0 Å². The Hall–Kier alpha value is -1.75. The molecule has 0 saturated heterocycles. The number of alkyl carbamates (subject to hydrolysis) is 1. The fraction of sp³-hybridized carbons (Fsp3) is 0.467. The molecule has 0 unspecified atom stereocenters. The average molecular weight is 314 g/mol. The van der Waals surface area contributed by atoms with E-state index >= 15 is 0 Å². The number of halogens is 1. The van der Waals surface area contributed by atoms with E-state index in [9.17, 15) is 9.59 Å². The van der Waals surface area contributed by atoms with Gasteiger partial charge in [-0.15, -0.1) is 0 Å². The summed E-state index contributed by atoms with van der Waals surface area (Å²) in [5.41, 5.74) is 0.871. The molecule has 0 aromatic heterocycles. The summed E-state index contributed by atoms with van der Waals surface area (Å²) in [4.78, 5) is 23.6. The number of carbonyl (C=O) groups is 2. The fourth-order valence-electron chi connectivity index (χ4n) is 1.70. The van der Waals surface area contributed by atoms with Gasteiger partial charge in [-0.25, -0.2) is 9.59 Å². The van der Waals surface area contributed by atoms with Gasteiger partial charge in [0.25, 0.3) is 0 Å².